The quantitative estimate of drug-likeness (QED) is 0.608. The first kappa shape index (κ1) is 10.4. The molecule has 1 unspecified atom stereocenters. The minimum Gasteiger partial charge on any atom is -0.344 e. The molecule has 1 N–H and O–H groups in total. The maximum atomic E-state index is 11.8. The molecule has 2 aliphatic heterocycles. The lowest BCUT2D eigenvalue weighted by atomic mass is 10.2. The van der Waals surface area contributed by atoms with Crippen molar-refractivity contribution in [3.63, 3.8) is 0 Å². The van der Waals surface area contributed by atoms with Gasteiger partial charge in [-0.15, -0.1) is 0 Å². The zero-order valence-electron chi connectivity index (χ0n) is 9.03. The minimum atomic E-state index is 0.0488. The van der Waals surface area contributed by atoms with Crippen molar-refractivity contribution in [3.05, 3.63) is 0 Å². The third kappa shape index (κ3) is 2.12. The lowest BCUT2D eigenvalue weighted by molar-refractivity contribution is -0.137. The van der Waals surface area contributed by atoms with E-state index >= 15 is 0 Å². The number of nitrogens with one attached hydrogen (secondary N) is 1. The molecule has 0 aromatic heterocycles. The van der Waals surface area contributed by atoms with Gasteiger partial charge in [-0.1, -0.05) is 0 Å². The molecule has 5 nitrogen and oxygen atoms in total. The molecule has 0 bridgehead atoms. The molecule has 1 atom stereocenters. The van der Waals surface area contributed by atoms with Crippen LogP contribution in [0.2, 0.25) is 0 Å². The summed E-state index contributed by atoms with van der Waals surface area (Å²) in [5.74, 6) is 0.161. The lowest BCUT2D eigenvalue weighted by Gasteiger charge is -2.26. The fourth-order valence-electron chi connectivity index (χ4n) is 2.12. The van der Waals surface area contributed by atoms with E-state index in [0.29, 0.717) is 13.0 Å². The summed E-state index contributed by atoms with van der Waals surface area (Å²) in [6.45, 7) is 2.57. The van der Waals surface area contributed by atoms with Gasteiger partial charge in [0.25, 0.3) is 0 Å². The Morgan fingerprint density at radius 3 is 2.80 bits per heavy atom. The van der Waals surface area contributed by atoms with Crippen molar-refractivity contribution in [2.75, 3.05) is 33.2 Å². The summed E-state index contributed by atoms with van der Waals surface area (Å²) in [7, 11) is 1.76. The molecule has 15 heavy (non-hydrogen) atoms. The third-order valence-corrected chi connectivity index (χ3v) is 3.19. The molecule has 2 rings (SSSR count). The van der Waals surface area contributed by atoms with Gasteiger partial charge in [0, 0.05) is 32.6 Å². The van der Waals surface area contributed by atoms with Gasteiger partial charge < -0.3 is 15.1 Å². The normalized spacial score (nSPS) is 28.5. The molecule has 2 aliphatic rings. The van der Waals surface area contributed by atoms with Crippen LogP contribution in [0.15, 0.2) is 0 Å². The van der Waals surface area contributed by atoms with Crippen LogP contribution in [0.25, 0.3) is 0 Å². The van der Waals surface area contributed by atoms with Gasteiger partial charge in [-0.05, 0) is 13.0 Å². The first-order valence-corrected chi connectivity index (χ1v) is 5.42. The summed E-state index contributed by atoms with van der Waals surface area (Å²) in [5, 5.41) is 3.22. The highest BCUT2D eigenvalue weighted by molar-refractivity contribution is 5.87. The first-order valence-electron chi connectivity index (χ1n) is 5.42. The summed E-state index contributed by atoms with van der Waals surface area (Å²) in [6.07, 6.45) is 1.42. The average molecular weight is 211 g/mol. The summed E-state index contributed by atoms with van der Waals surface area (Å²) in [4.78, 5) is 26.8. The second-order valence-electron chi connectivity index (χ2n) is 4.23. The Morgan fingerprint density at radius 1 is 1.33 bits per heavy atom. The molecule has 0 saturated carbocycles. The number of carbonyl (C=O) groups is 2. The summed E-state index contributed by atoms with van der Waals surface area (Å²) < 4.78 is 0. The van der Waals surface area contributed by atoms with E-state index in [1.165, 1.54) is 0 Å². The molecule has 0 aromatic carbocycles. The molecular formula is C10H17N3O2. The largest absolute Gasteiger partial charge is 0.344 e. The molecule has 0 spiro atoms. The standard InChI is InChI=1S/C10H17N3O2/c1-12-5-3-9(14)13(7-10(12)15)8-2-4-11-6-8/h8,11H,2-7H2,1H3. The van der Waals surface area contributed by atoms with Gasteiger partial charge in [0.15, 0.2) is 0 Å². The zero-order chi connectivity index (χ0) is 10.8. The lowest BCUT2D eigenvalue weighted by Crippen LogP contribution is -2.44. The van der Waals surface area contributed by atoms with Gasteiger partial charge in [0.2, 0.25) is 11.8 Å². The van der Waals surface area contributed by atoms with Crippen molar-refractivity contribution in [2.45, 2.75) is 18.9 Å². The van der Waals surface area contributed by atoms with Gasteiger partial charge in [-0.25, -0.2) is 0 Å². The average Bonchev–Trinajstić information content (AvgIpc) is 2.70. The number of hydrogen-bond acceptors (Lipinski definition) is 3. The van der Waals surface area contributed by atoms with E-state index in [4.69, 9.17) is 0 Å². The maximum absolute atomic E-state index is 11.8. The monoisotopic (exact) mass is 211 g/mol. The van der Waals surface area contributed by atoms with Crippen LogP contribution >= 0.6 is 0 Å². The van der Waals surface area contributed by atoms with Crippen molar-refractivity contribution in [1.82, 2.24) is 15.1 Å². The summed E-state index contributed by atoms with van der Waals surface area (Å²) in [5.41, 5.74) is 0. The molecule has 2 amide bonds. The van der Waals surface area contributed by atoms with Crippen molar-refractivity contribution >= 4 is 11.8 Å². The minimum absolute atomic E-state index is 0.0488. The highest BCUT2D eigenvalue weighted by Gasteiger charge is 2.31. The first-order chi connectivity index (χ1) is 7.18. The van der Waals surface area contributed by atoms with E-state index in [1.54, 1.807) is 16.8 Å². The van der Waals surface area contributed by atoms with Gasteiger partial charge in [-0.2, -0.15) is 0 Å². The van der Waals surface area contributed by atoms with Crippen molar-refractivity contribution in [1.29, 1.82) is 0 Å². The van der Waals surface area contributed by atoms with Gasteiger partial charge in [-0.3, -0.25) is 9.59 Å². The predicted octanol–water partition coefficient (Wildman–Crippen LogP) is -0.961. The van der Waals surface area contributed by atoms with Crippen LogP contribution in [-0.4, -0.2) is 60.9 Å². The Morgan fingerprint density at radius 2 is 2.13 bits per heavy atom. The molecule has 0 radical (unpaired) electrons. The van der Waals surface area contributed by atoms with Crippen LogP contribution in [0.3, 0.4) is 0 Å². The van der Waals surface area contributed by atoms with E-state index in [1.807, 2.05) is 0 Å². The van der Waals surface area contributed by atoms with Gasteiger partial charge in [0.05, 0.1) is 0 Å². The van der Waals surface area contributed by atoms with Crippen LogP contribution in [0.4, 0.5) is 0 Å². The molecule has 2 saturated heterocycles. The number of nitrogens with zero attached hydrogens (tertiary/aromatic N) is 2. The molecule has 2 fully saturated rings. The van der Waals surface area contributed by atoms with E-state index in [0.717, 1.165) is 19.5 Å². The molecule has 2 heterocycles. The Bertz CT molecular complexity index is 274. The maximum Gasteiger partial charge on any atom is 0.241 e. The molecule has 84 valence electrons. The van der Waals surface area contributed by atoms with E-state index in [9.17, 15) is 9.59 Å². The summed E-state index contributed by atoms with van der Waals surface area (Å²) in [6, 6.07) is 0.216. The Kier molecular flexibility index (Phi) is 2.90. The van der Waals surface area contributed by atoms with E-state index < -0.39 is 0 Å². The molecule has 0 aromatic rings. The van der Waals surface area contributed by atoms with Gasteiger partial charge >= 0.3 is 0 Å². The number of carbonyl (C=O) groups excluding carboxylic acids is 2. The summed E-state index contributed by atoms with van der Waals surface area (Å²) >= 11 is 0. The molecule has 5 heteroatoms. The van der Waals surface area contributed by atoms with Crippen LogP contribution in [-0.2, 0) is 9.59 Å². The predicted molar refractivity (Wildman–Crippen MR) is 55.2 cm³/mol. The fourth-order valence-corrected chi connectivity index (χ4v) is 2.12. The van der Waals surface area contributed by atoms with Crippen molar-refractivity contribution < 1.29 is 9.59 Å². The molecule has 0 aliphatic carbocycles. The topological polar surface area (TPSA) is 52.7 Å². The van der Waals surface area contributed by atoms with E-state index in [2.05, 4.69) is 5.32 Å². The van der Waals surface area contributed by atoms with Crippen LogP contribution in [0.5, 0.6) is 0 Å². The third-order valence-electron chi connectivity index (χ3n) is 3.19. The highest BCUT2D eigenvalue weighted by atomic mass is 16.2. The fraction of sp³-hybridized carbons (Fsp3) is 0.800. The SMILES string of the molecule is CN1CCC(=O)N(C2CCNC2)CC1=O. The van der Waals surface area contributed by atoms with E-state index in [-0.39, 0.29) is 24.4 Å². The molecular weight excluding hydrogens is 194 g/mol. The highest BCUT2D eigenvalue weighted by Crippen LogP contribution is 2.13. The van der Waals surface area contributed by atoms with Crippen LogP contribution in [0, 0.1) is 0 Å². The Hall–Kier alpha value is -1.10. The van der Waals surface area contributed by atoms with Gasteiger partial charge in [0.1, 0.15) is 6.54 Å². The number of likely N-dealkylation sites (N-methyl/N-ethyl adjacent to an activating group) is 1. The Balaban J connectivity index is 2.07. The smallest absolute Gasteiger partial charge is 0.241 e. The number of rotatable bonds is 1. The number of amides is 2. The van der Waals surface area contributed by atoms with Crippen LogP contribution in [0.1, 0.15) is 12.8 Å². The van der Waals surface area contributed by atoms with Crippen molar-refractivity contribution in [2.24, 2.45) is 0 Å². The number of hydrogen-bond donors (Lipinski definition) is 1. The second-order valence-corrected chi connectivity index (χ2v) is 4.23. The second kappa shape index (κ2) is 4.18. The van der Waals surface area contributed by atoms with Crippen molar-refractivity contribution in [3.8, 4) is 0 Å². The van der Waals surface area contributed by atoms with Crippen LogP contribution < -0.4 is 5.32 Å². The zero-order valence-corrected chi connectivity index (χ0v) is 9.03. The Labute approximate surface area is 89.4 Å².